The molecule has 0 saturated carbocycles. The van der Waals surface area contributed by atoms with E-state index >= 15 is 0 Å². The molecule has 26 heavy (non-hydrogen) atoms. The number of hydrogen-bond donors (Lipinski definition) is 0. The van der Waals surface area contributed by atoms with Gasteiger partial charge in [-0.1, -0.05) is 29.8 Å². The van der Waals surface area contributed by atoms with Crippen LogP contribution in [0, 0.1) is 12.7 Å². The molecule has 0 saturated heterocycles. The predicted molar refractivity (Wildman–Crippen MR) is 94.4 cm³/mol. The highest BCUT2D eigenvalue weighted by molar-refractivity contribution is 5.87. The van der Waals surface area contributed by atoms with Crippen LogP contribution in [0.2, 0.25) is 0 Å². The van der Waals surface area contributed by atoms with Gasteiger partial charge in [-0.05, 0) is 49.8 Å². The van der Waals surface area contributed by atoms with Crippen molar-refractivity contribution in [1.82, 2.24) is 10.2 Å². The second-order valence-corrected chi connectivity index (χ2v) is 5.78. The zero-order valence-corrected chi connectivity index (χ0v) is 14.3. The summed E-state index contributed by atoms with van der Waals surface area (Å²) in [4.78, 5) is 12.0. The molecule has 2 aromatic carbocycles. The number of aryl methyl sites for hydroxylation is 1. The third-order valence-electron chi connectivity index (χ3n) is 3.63. The Morgan fingerprint density at radius 3 is 2.69 bits per heavy atom. The maximum atomic E-state index is 13.0. The molecule has 6 heteroatoms. The zero-order chi connectivity index (χ0) is 18.5. The van der Waals surface area contributed by atoms with Crippen molar-refractivity contribution in [2.45, 2.75) is 20.0 Å². The van der Waals surface area contributed by atoms with Gasteiger partial charge in [0.05, 0.1) is 0 Å². The third-order valence-corrected chi connectivity index (χ3v) is 3.63. The molecule has 0 fully saturated rings. The van der Waals surface area contributed by atoms with Gasteiger partial charge in [-0.15, -0.1) is 10.2 Å². The van der Waals surface area contributed by atoms with Crippen LogP contribution < -0.4 is 0 Å². The number of hydrogen-bond acceptors (Lipinski definition) is 5. The number of ether oxygens (including phenoxy) is 1. The Morgan fingerprint density at radius 2 is 1.96 bits per heavy atom. The summed E-state index contributed by atoms with van der Waals surface area (Å²) < 4.78 is 23.7. The van der Waals surface area contributed by atoms with Gasteiger partial charge in [0.25, 0.3) is 5.89 Å². The third kappa shape index (κ3) is 4.42. The van der Waals surface area contributed by atoms with Crippen LogP contribution in [0.15, 0.2) is 59.0 Å². The summed E-state index contributed by atoms with van der Waals surface area (Å²) >= 11 is 0. The lowest BCUT2D eigenvalue weighted by molar-refractivity contribution is -0.143. The van der Waals surface area contributed by atoms with Crippen molar-refractivity contribution in [2.75, 3.05) is 0 Å². The fraction of sp³-hybridized carbons (Fsp3) is 0.150. The maximum Gasteiger partial charge on any atom is 0.331 e. The quantitative estimate of drug-likeness (QED) is 0.500. The number of carbonyl (C=O) groups is 1. The molecule has 0 aliphatic rings. The van der Waals surface area contributed by atoms with E-state index in [0.29, 0.717) is 5.56 Å². The molecule has 0 N–H and O–H groups in total. The first-order chi connectivity index (χ1) is 12.5. The topological polar surface area (TPSA) is 65.2 Å². The predicted octanol–water partition coefficient (Wildman–Crippen LogP) is 4.50. The Bertz CT molecular complexity index is 932. The first-order valence-electron chi connectivity index (χ1n) is 8.06. The summed E-state index contributed by atoms with van der Waals surface area (Å²) in [6, 6.07) is 13.4. The van der Waals surface area contributed by atoms with Crippen LogP contribution in [0.4, 0.5) is 4.39 Å². The summed E-state index contributed by atoms with van der Waals surface area (Å²) in [6.45, 7) is 3.62. The van der Waals surface area contributed by atoms with E-state index in [2.05, 4.69) is 10.2 Å². The molecule has 1 aromatic heterocycles. The monoisotopic (exact) mass is 352 g/mol. The summed E-state index contributed by atoms with van der Waals surface area (Å²) in [5.74, 6) is -0.462. The molecular weight excluding hydrogens is 335 g/mol. The van der Waals surface area contributed by atoms with Crippen LogP contribution >= 0.6 is 0 Å². The molecule has 132 valence electrons. The van der Waals surface area contributed by atoms with Gasteiger partial charge in [0.1, 0.15) is 5.82 Å². The average Bonchev–Trinajstić information content (AvgIpc) is 3.11. The Hall–Kier alpha value is -3.28. The van der Waals surface area contributed by atoms with Crippen molar-refractivity contribution in [3.63, 3.8) is 0 Å². The van der Waals surface area contributed by atoms with E-state index < -0.39 is 12.1 Å². The Morgan fingerprint density at radius 1 is 1.19 bits per heavy atom. The van der Waals surface area contributed by atoms with Crippen LogP contribution in [-0.4, -0.2) is 16.2 Å². The molecule has 3 aromatic rings. The molecule has 1 atom stereocenters. The van der Waals surface area contributed by atoms with Gasteiger partial charge in [0, 0.05) is 11.6 Å². The number of carbonyl (C=O) groups excluding carboxylic acids is 1. The summed E-state index contributed by atoms with van der Waals surface area (Å²) in [5, 5.41) is 7.79. The van der Waals surface area contributed by atoms with Gasteiger partial charge >= 0.3 is 5.97 Å². The fourth-order valence-electron chi connectivity index (χ4n) is 2.31. The van der Waals surface area contributed by atoms with Crippen molar-refractivity contribution >= 4 is 12.0 Å². The highest BCUT2D eigenvalue weighted by atomic mass is 19.1. The summed E-state index contributed by atoms with van der Waals surface area (Å²) in [7, 11) is 0. The lowest BCUT2D eigenvalue weighted by Gasteiger charge is -2.06. The SMILES string of the molecule is Cc1cccc(/C=C/C(=O)O[C@@H](C)c2nnc(-c3ccc(F)cc3)o2)c1. The van der Waals surface area contributed by atoms with Crippen LogP contribution in [0.5, 0.6) is 0 Å². The molecular formula is C20H17FN2O3. The van der Waals surface area contributed by atoms with Gasteiger partial charge in [0.2, 0.25) is 5.89 Å². The van der Waals surface area contributed by atoms with Gasteiger partial charge in [-0.3, -0.25) is 0 Å². The molecule has 1 heterocycles. The van der Waals surface area contributed by atoms with Crippen molar-refractivity contribution in [3.05, 3.63) is 77.4 Å². The van der Waals surface area contributed by atoms with Crippen molar-refractivity contribution < 1.29 is 18.3 Å². The Balaban J connectivity index is 1.63. The molecule has 0 unspecified atom stereocenters. The van der Waals surface area contributed by atoms with Gasteiger partial charge in [0.15, 0.2) is 6.10 Å². The first-order valence-corrected chi connectivity index (χ1v) is 8.06. The van der Waals surface area contributed by atoms with Crippen LogP contribution in [0.3, 0.4) is 0 Å². The van der Waals surface area contributed by atoms with Crippen molar-refractivity contribution in [3.8, 4) is 11.5 Å². The maximum absolute atomic E-state index is 13.0. The van der Waals surface area contributed by atoms with Crippen molar-refractivity contribution in [1.29, 1.82) is 0 Å². The Kier molecular flexibility index (Phi) is 5.22. The number of benzene rings is 2. The standard InChI is InChI=1S/C20H17FN2O3/c1-13-4-3-5-15(12-13)6-11-18(24)25-14(2)19-22-23-20(26-19)16-7-9-17(21)10-8-16/h3-12,14H,1-2H3/b11-6+/t14-/m0/s1. The molecule has 0 radical (unpaired) electrons. The molecule has 3 rings (SSSR count). The fourth-order valence-corrected chi connectivity index (χ4v) is 2.31. The Labute approximate surface area is 150 Å². The van der Waals surface area contributed by atoms with Crippen LogP contribution in [0.25, 0.3) is 17.5 Å². The van der Waals surface area contributed by atoms with Gasteiger partial charge in [-0.25, -0.2) is 9.18 Å². The van der Waals surface area contributed by atoms with Crippen LogP contribution in [0.1, 0.15) is 30.0 Å². The number of nitrogens with zero attached hydrogens (tertiary/aromatic N) is 2. The molecule has 0 aliphatic carbocycles. The highest BCUT2D eigenvalue weighted by Gasteiger charge is 2.18. The first kappa shape index (κ1) is 17.5. The van der Waals surface area contributed by atoms with E-state index in [9.17, 15) is 9.18 Å². The zero-order valence-electron chi connectivity index (χ0n) is 14.3. The number of aromatic nitrogens is 2. The highest BCUT2D eigenvalue weighted by Crippen LogP contribution is 2.22. The van der Waals surface area contributed by atoms with Crippen molar-refractivity contribution in [2.24, 2.45) is 0 Å². The summed E-state index contributed by atoms with van der Waals surface area (Å²) in [6.07, 6.45) is 2.33. The van der Waals surface area contributed by atoms with E-state index in [0.717, 1.165) is 11.1 Å². The molecule has 0 spiro atoms. The van der Waals surface area contributed by atoms with E-state index in [-0.39, 0.29) is 17.6 Å². The largest absolute Gasteiger partial charge is 0.449 e. The van der Waals surface area contributed by atoms with Crippen LogP contribution in [-0.2, 0) is 9.53 Å². The number of rotatable bonds is 5. The molecule has 0 bridgehead atoms. The normalized spacial score (nSPS) is 12.3. The van der Waals surface area contributed by atoms with E-state index in [4.69, 9.17) is 9.15 Å². The molecule has 5 nitrogen and oxygen atoms in total. The average molecular weight is 352 g/mol. The molecule has 0 amide bonds. The lowest BCUT2D eigenvalue weighted by atomic mass is 10.1. The van der Waals surface area contributed by atoms with E-state index in [1.54, 1.807) is 13.0 Å². The number of halogens is 1. The summed E-state index contributed by atoms with van der Waals surface area (Å²) in [5.41, 5.74) is 2.60. The van der Waals surface area contributed by atoms with Gasteiger partial charge in [-0.2, -0.15) is 0 Å². The van der Waals surface area contributed by atoms with Gasteiger partial charge < -0.3 is 9.15 Å². The second-order valence-electron chi connectivity index (χ2n) is 5.78. The minimum Gasteiger partial charge on any atom is -0.449 e. The van der Waals surface area contributed by atoms with E-state index in [1.165, 1.54) is 30.3 Å². The number of esters is 1. The minimum atomic E-state index is -0.702. The molecule has 0 aliphatic heterocycles. The lowest BCUT2D eigenvalue weighted by Crippen LogP contribution is -2.06. The smallest absolute Gasteiger partial charge is 0.331 e. The minimum absolute atomic E-state index is 0.168. The second kappa shape index (κ2) is 7.74. The van der Waals surface area contributed by atoms with E-state index in [1.807, 2.05) is 31.2 Å².